The number of carbonyl (C=O) groups excluding carboxylic acids is 1. The van der Waals surface area contributed by atoms with E-state index in [2.05, 4.69) is 25.7 Å². The Labute approximate surface area is 174 Å². The number of rotatable bonds is 8. The van der Waals surface area contributed by atoms with E-state index in [1.54, 1.807) is 0 Å². The lowest BCUT2D eigenvalue weighted by Gasteiger charge is -2.26. The molecule has 156 valence electrons. The molecule has 9 heteroatoms. The van der Waals surface area contributed by atoms with Crippen molar-refractivity contribution >= 4 is 11.6 Å². The minimum absolute atomic E-state index is 0.237. The highest BCUT2D eigenvalue weighted by molar-refractivity contribution is 5.95. The summed E-state index contributed by atoms with van der Waals surface area (Å²) in [6, 6.07) is 16.1. The lowest BCUT2D eigenvalue weighted by molar-refractivity contribution is -0.118. The van der Waals surface area contributed by atoms with Gasteiger partial charge in [-0.2, -0.15) is 0 Å². The number of nitrogens with zero attached hydrogens (tertiary/aromatic N) is 5. The summed E-state index contributed by atoms with van der Waals surface area (Å²) in [5, 5.41) is 14.2. The zero-order chi connectivity index (χ0) is 20.6. The fraction of sp³-hybridized carbons (Fsp3) is 0.333. The highest BCUT2D eigenvalue weighted by Crippen LogP contribution is 2.22. The van der Waals surface area contributed by atoms with Crippen molar-refractivity contribution in [3.05, 3.63) is 66.5 Å². The van der Waals surface area contributed by atoms with Crippen LogP contribution >= 0.6 is 0 Å². The molecule has 2 heterocycles. The molecule has 0 radical (unpaired) electrons. The number of anilines is 1. The summed E-state index contributed by atoms with van der Waals surface area (Å²) in [5.74, 6) is 0.471. The zero-order valence-electron chi connectivity index (χ0n) is 16.6. The van der Waals surface area contributed by atoms with Crippen LogP contribution in [0.15, 0.2) is 60.9 Å². The molecular weight excluding hydrogens is 384 g/mol. The third kappa shape index (κ3) is 5.19. The summed E-state index contributed by atoms with van der Waals surface area (Å²) in [4.78, 5) is 15.4. The molecule has 9 nitrogen and oxygen atoms in total. The van der Waals surface area contributed by atoms with E-state index in [0.29, 0.717) is 18.0 Å². The van der Waals surface area contributed by atoms with Crippen LogP contribution in [-0.2, 0) is 9.53 Å². The molecule has 3 aromatic rings. The van der Waals surface area contributed by atoms with E-state index in [4.69, 9.17) is 9.47 Å². The third-order valence-electron chi connectivity index (χ3n) is 4.87. The van der Waals surface area contributed by atoms with Gasteiger partial charge in [-0.3, -0.25) is 9.69 Å². The van der Waals surface area contributed by atoms with Crippen molar-refractivity contribution < 1.29 is 14.3 Å². The molecule has 4 rings (SSSR count). The second kappa shape index (κ2) is 9.95. The summed E-state index contributed by atoms with van der Waals surface area (Å²) >= 11 is 0. The van der Waals surface area contributed by atoms with Crippen LogP contribution in [-0.4, -0.2) is 70.5 Å². The van der Waals surface area contributed by atoms with E-state index in [0.717, 1.165) is 38.4 Å². The van der Waals surface area contributed by atoms with E-state index in [1.165, 1.54) is 11.0 Å². The quantitative estimate of drug-likeness (QED) is 0.605. The number of nitrogens with one attached hydrogen (secondary N) is 1. The molecule has 2 aromatic carbocycles. The van der Waals surface area contributed by atoms with Crippen LogP contribution in [0, 0.1) is 0 Å². The van der Waals surface area contributed by atoms with Gasteiger partial charge in [-0.25, -0.2) is 4.68 Å². The molecule has 1 aliphatic heterocycles. The van der Waals surface area contributed by atoms with E-state index >= 15 is 0 Å². The molecule has 0 unspecified atom stereocenters. The van der Waals surface area contributed by atoms with Crippen LogP contribution in [0.5, 0.6) is 5.75 Å². The number of morpholine rings is 1. The van der Waals surface area contributed by atoms with Crippen molar-refractivity contribution in [2.75, 3.05) is 44.8 Å². The van der Waals surface area contributed by atoms with Gasteiger partial charge < -0.3 is 14.8 Å². The van der Waals surface area contributed by atoms with Crippen molar-refractivity contribution in [3.63, 3.8) is 0 Å². The van der Waals surface area contributed by atoms with Gasteiger partial charge in [0, 0.05) is 31.4 Å². The maximum atomic E-state index is 13.1. The Morgan fingerprint density at radius 3 is 2.73 bits per heavy atom. The second-order valence-electron chi connectivity index (χ2n) is 6.92. The maximum Gasteiger partial charge on any atom is 0.253 e. The second-order valence-corrected chi connectivity index (χ2v) is 6.92. The first-order valence-corrected chi connectivity index (χ1v) is 9.91. The maximum absolute atomic E-state index is 13.1. The molecule has 1 saturated heterocycles. The Hall–Kier alpha value is -3.30. The summed E-state index contributed by atoms with van der Waals surface area (Å²) in [6.45, 7) is 4.82. The van der Waals surface area contributed by atoms with Crippen LogP contribution in [0.1, 0.15) is 11.6 Å². The molecule has 1 N–H and O–H groups in total. The van der Waals surface area contributed by atoms with Gasteiger partial charge in [0.15, 0.2) is 6.04 Å². The Morgan fingerprint density at radius 1 is 1.13 bits per heavy atom. The fourth-order valence-corrected chi connectivity index (χ4v) is 3.34. The molecule has 30 heavy (non-hydrogen) atoms. The standard InChI is InChI=1S/C21H24N6O3/c28-21(20(27-16-22-24-25-27)17-5-2-1-3-6-17)23-18-7-4-8-19(15-18)30-14-11-26-9-12-29-13-10-26/h1-8,15-16,20H,9-14H2,(H,23,28)/t20-/m0/s1. The smallest absolute Gasteiger partial charge is 0.253 e. The number of tetrazole rings is 1. The molecular formula is C21H24N6O3. The summed E-state index contributed by atoms with van der Waals surface area (Å²) in [6.07, 6.45) is 1.43. The largest absolute Gasteiger partial charge is 0.492 e. The minimum Gasteiger partial charge on any atom is -0.492 e. The molecule has 0 aliphatic carbocycles. The number of hydrogen-bond acceptors (Lipinski definition) is 7. The molecule has 1 aromatic heterocycles. The Morgan fingerprint density at radius 2 is 1.97 bits per heavy atom. The topological polar surface area (TPSA) is 94.4 Å². The number of hydrogen-bond donors (Lipinski definition) is 1. The zero-order valence-corrected chi connectivity index (χ0v) is 16.6. The molecule has 0 bridgehead atoms. The molecule has 1 atom stereocenters. The van der Waals surface area contributed by atoms with E-state index in [1.807, 2.05) is 54.6 Å². The van der Waals surface area contributed by atoms with Gasteiger partial charge in [0.05, 0.1) is 13.2 Å². The van der Waals surface area contributed by atoms with E-state index in [9.17, 15) is 4.79 Å². The van der Waals surface area contributed by atoms with E-state index in [-0.39, 0.29) is 5.91 Å². The van der Waals surface area contributed by atoms with Gasteiger partial charge in [-0.15, -0.1) is 5.10 Å². The molecule has 0 saturated carbocycles. The van der Waals surface area contributed by atoms with Gasteiger partial charge in [0.2, 0.25) is 0 Å². The molecule has 0 spiro atoms. The van der Waals surface area contributed by atoms with Crippen LogP contribution in [0.2, 0.25) is 0 Å². The molecule has 1 fully saturated rings. The molecule has 1 amide bonds. The van der Waals surface area contributed by atoms with Gasteiger partial charge >= 0.3 is 0 Å². The monoisotopic (exact) mass is 408 g/mol. The van der Waals surface area contributed by atoms with Crippen LogP contribution in [0.3, 0.4) is 0 Å². The van der Waals surface area contributed by atoms with Gasteiger partial charge in [0.1, 0.15) is 18.7 Å². The van der Waals surface area contributed by atoms with Gasteiger partial charge in [-0.05, 0) is 28.1 Å². The predicted molar refractivity (Wildman–Crippen MR) is 110 cm³/mol. The lowest BCUT2D eigenvalue weighted by atomic mass is 10.1. The number of carbonyl (C=O) groups is 1. The number of amides is 1. The molecule has 1 aliphatic rings. The van der Waals surface area contributed by atoms with Crippen molar-refractivity contribution in [2.45, 2.75) is 6.04 Å². The van der Waals surface area contributed by atoms with Crippen molar-refractivity contribution in [2.24, 2.45) is 0 Å². The fourth-order valence-electron chi connectivity index (χ4n) is 3.34. The Balaban J connectivity index is 1.40. The first-order chi connectivity index (χ1) is 14.8. The van der Waals surface area contributed by atoms with Gasteiger partial charge in [-0.1, -0.05) is 36.4 Å². The first kappa shape index (κ1) is 20.0. The predicted octanol–water partition coefficient (Wildman–Crippen LogP) is 1.61. The normalized spacial score (nSPS) is 15.5. The van der Waals surface area contributed by atoms with Crippen molar-refractivity contribution in [3.8, 4) is 5.75 Å². The van der Waals surface area contributed by atoms with Crippen molar-refractivity contribution in [1.29, 1.82) is 0 Å². The highest BCUT2D eigenvalue weighted by Gasteiger charge is 2.24. The lowest BCUT2D eigenvalue weighted by Crippen LogP contribution is -2.38. The van der Waals surface area contributed by atoms with Crippen LogP contribution in [0.25, 0.3) is 0 Å². The summed E-state index contributed by atoms with van der Waals surface area (Å²) in [7, 11) is 0. The Bertz CT molecular complexity index is 929. The van der Waals surface area contributed by atoms with Crippen LogP contribution in [0.4, 0.5) is 5.69 Å². The summed E-state index contributed by atoms with van der Waals surface area (Å²) < 4.78 is 12.7. The number of ether oxygens (including phenoxy) is 2. The SMILES string of the molecule is O=C(Nc1cccc(OCCN2CCOCC2)c1)[C@H](c1ccccc1)n1cnnn1. The van der Waals surface area contributed by atoms with Gasteiger partial charge in [0.25, 0.3) is 5.91 Å². The first-order valence-electron chi connectivity index (χ1n) is 9.91. The summed E-state index contributed by atoms with van der Waals surface area (Å²) in [5.41, 5.74) is 1.44. The van der Waals surface area contributed by atoms with Crippen molar-refractivity contribution in [1.82, 2.24) is 25.1 Å². The highest BCUT2D eigenvalue weighted by atomic mass is 16.5. The average molecular weight is 408 g/mol. The van der Waals surface area contributed by atoms with Crippen LogP contribution < -0.4 is 10.1 Å². The average Bonchev–Trinajstić information content (AvgIpc) is 3.30. The number of aromatic nitrogens is 4. The third-order valence-corrected chi connectivity index (χ3v) is 4.87. The Kier molecular flexibility index (Phi) is 6.63. The van der Waals surface area contributed by atoms with E-state index < -0.39 is 6.04 Å². The minimum atomic E-state index is -0.674. The number of benzene rings is 2.